The summed E-state index contributed by atoms with van der Waals surface area (Å²) in [6.07, 6.45) is 5.79. The van der Waals surface area contributed by atoms with Crippen molar-refractivity contribution in [3.05, 3.63) is 23.8 Å². The first-order valence-electron chi connectivity index (χ1n) is 7.85. The van der Waals surface area contributed by atoms with Gasteiger partial charge in [-0.2, -0.15) is 0 Å². The van der Waals surface area contributed by atoms with Crippen molar-refractivity contribution in [2.24, 2.45) is 11.8 Å². The molecule has 20 heavy (non-hydrogen) atoms. The molecule has 3 heteroatoms. The van der Waals surface area contributed by atoms with Crippen molar-refractivity contribution in [1.29, 1.82) is 0 Å². The third-order valence-corrected chi connectivity index (χ3v) is 4.71. The molecule has 1 aromatic rings. The minimum atomic E-state index is 0.186. The van der Waals surface area contributed by atoms with Crippen molar-refractivity contribution in [3.63, 3.8) is 0 Å². The van der Waals surface area contributed by atoms with Crippen LogP contribution in [0.4, 0.5) is 5.69 Å². The lowest BCUT2D eigenvalue weighted by Gasteiger charge is -2.31. The molecule has 108 valence electrons. The van der Waals surface area contributed by atoms with Crippen LogP contribution < -0.4 is 10.1 Å². The number of para-hydroxylation sites is 1. The number of hydrogen-bond donors (Lipinski definition) is 1. The number of ether oxygens (including phenoxy) is 1. The minimum Gasteiger partial charge on any atom is -0.489 e. The Morgan fingerprint density at radius 2 is 2.20 bits per heavy atom. The van der Waals surface area contributed by atoms with Gasteiger partial charge in [0.15, 0.2) is 11.5 Å². The van der Waals surface area contributed by atoms with Crippen LogP contribution in [0.3, 0.4) is 0 Å². The Morgan fingerprint density at radius 3 is 3.05 bits per heavy atom. The molecule has 1 saturated carbocycles. The van der Waals surface area contributed by atoms with Crippen LogP contribution in [0.2, 0.25) is 0 Å². The van der Waals surface area contributed by atoms with Crippen molar-refractivity contribution in [3.8, 4) is 5.75 Å². The van der Waals surface area contributed by atoms with Gasteiger partial charge in [0.1, 0.15) is 6.61 Å². The number of benzene rings is 1. The third-order valence-electron chi connectivity index (χ3n) is 4.71. The lowest BCUT2D eigenvalue weighted by Crippen LogP contribution is -2.28. The van der Waals surface area contributed by atoms with Crippen LogP contribution >= 0.6 is 0 Å². The first kappa shape index (κ1) is 13.5. The van der Waals surface area contributed by atoms with Gasteiger partial charge in [-0.15, -0.1) is 0 Å². The van der Waals surface area contributed by atoms with Gasteiger partial charge in [-0.05, 0) is 30.9 Å². The molecule has 1 heterocycles. The zero-order valence-electron chi connectivity index (χ0n) is 12.2. The first-order chi connectivity index (χ1) is 9.81. The quantitative estimate of drug-likeness (QED) is 0.849. The maximum atomic E-state index is 12.9. The normalized spacial score (nSPS) is 25.2. The van der Waals surface area contributed by atoms with E-state index in [0.717, 1.165) is 36.4 Å². The molecule has 0 amide bonds. The van der Waals surface area contributed by atoms with Crippen LogP contribution in [0.25, 0.3) is 0 Å². The number of carbonyl (C=O) groups is 1. The number of rotatable bonds is 3. The fourth-order valence-corrected chi connectivity index (χ4v) is 3.61. The minimum absolute atomic E-state index is 0.186. The number of ketones is 1. The highest BCUT2D eigenvalue weighted by Gasteiger charge is 2.32. The van der Waals surface area contributed by atoms with Gasteiger partial charge in [0.2, 0.25) is 0 Å². The van der Waals surface area contributed by atoms with E-state index in [1.54, 1.807) is 0 Å². The van der Waals surface area contributed by atoms with Crippen molar-refractivity contribution in [1.82, 2.24) is 0 Å². The van der Waals surface area contributed by atoms with Gasteiger partial charge >= 0.3 is 0 Å². The number of Topliss-reactive ketones (excluding diaryl/α,β-unsaturated/α-hetero) is 1. The number of carbonyl (C=O) groups excluding carboxylic acids is 1. The monoisotopic (exact) mass is 273 g/mol. The van der Waals surface area contributed by atoms with Crippen molar-refractivity contribution >= 4 is 11.5 Å². The molecule has 0 aromatic heterocycles. The average molecular weight is 273 g/mol. The summed E-state index contributed by atoms with van der Waals surface area (Å²) in [5, 5.41) is 3.31. The third kappa shape index (κ3) is 2.41. The second-order valence-electron chi connectivity index (χ2n) is 5.88. The first-order valence-corrected chi connectivity index (χ1v) is 7.85. The topological polar surface area (TPSA) is 38.3 Å². The number of hydrogen-bond acceptors (Lipinski definition) is 3. The lowest BCUT2D eigenvalue weighted by molar-refractivity contribution is 0.0816. The zero-order chi connectivity index (χ0) is 13.9. The molecule has 1 fully saturated rings. The van der Waals surface area contributed by atoms with E-state index in [4.69, 9.17) is 4.74 Å². The molecule has 2 aliphatic rings. The van der Waals surface area contributed by atoms with E-state index in [0.29, 0.717) is 12.5 Å². The molecule has 1 N–H and O–H groups in total. The molecule has 0 bridgehead atoms. The highest BCUT2D eigenvalue weighted by atomic mass is 16.5. The van der Waals surface area contributed by atoms with Gasteiger partial charge in [0.25, 0.3) is 0 Å². The number of anilines is 1. The largest absolute Gasteiger partial charge is 0.489 e. The molecule has 3 nitrogen and oxygen atoms in total. The van der Waals surface area contributed by atoms with Crippen molar-refractivity contribution in [2.45, 2.75) is 39.0 Å². The van der Waals surface area contributed by atoms with E-state index in [1.165, 1.54) is 19.3 Å². The Morgan fingerprint density at radius 1 is 1.35 bits per heavy atom. The van der Waals surface area contributed by atoms with E-state index >= 15 is 0 Å². The smallest absolute Gasteiger partial charge is 0.170 e. The lowest BCUT2D eigenvalue weighted by atomic mass is 9.74. The maximum Gasteiger partial charge on any atom is 0.170 e. The molecule has 1 aromatic carbocycles. The van der Waals surface area contributed by atoms with Gasteiger partial charge in [-0.25, -0.2) is 0 Å². The summed E-state index contributed by atoms with van der Waals surface area (Å²) in [6, 6.07) is 5.87. The summed E-state index contributed by atoms with van der Waals surface area (Å²) in [5.74, 6) is 1.79. The summed E-state index contributed by atoms with van der Waals surface area (Å²) in [5.41, 5.74) is 1.74. The van der Waals surface area contributed by atoms with Gasteiger partial charge in [0, 0.05) is 12.5 Å². The fourth-order valence-electron chi connectivity index (χ4n) is 3.61. The SMILES string of the molecule is CCC1CCCCC1C(=O)c1cccc2c1OCCN2. The molecule has 1 aliphatic heterocycles. The van der Waals surface area contributed by atoms with Gasteiger partial charge < -0.3 is 10.1 Å². The second-order valence-corrected chi connectivity index (χ2v) is 5.88. The molecule has 0 spiro atoms. The molecule has 3 rings (SSSR count). The summed E-state index contributed by atoms with van der Waals surface area (Å²) in [6.45, 7) is 3.65. The van der Waals surface area contributed by atoms with Crippen molar-refractivity contribution in [2.75, 3.05) is 18.5 Å². The second kappa shape index (κ2) is 5.86. The maximum absolute atomic E-state index is 12.9. The molecule has 0 saturated heterocycles. The van der Waals surface area contributed by atoms with E-state index in [1.807, 2.05) is 18.2 Å². The van der Waals surface area contributed by atoms with Crippen LogP contribution in [-0.4, -0.2) is 18.9 Å². The Bertz CT molecular complexity index is 498. The predicted octanol–water partition coefficient (Wildman–Crippen LogP) is 3.89. The highest BCUT2D eigenvalue weighted by molar-refractivity contribution is 6.02. The van der Waals surface area contributed by atoms with Gasteiger partial charge in [0.05, 0.1) is 11.3 Å². The van der Waals surface area contributed by atoms with Gasteiger partial charge in [-0.1, -0.05) is 32.3 Å². The van der Waals surface area contributed by atoms with Crippen LogP contribution in [0, 0.1) is 11.8 Å². The molecule has 2 atom stereocenters. The highest BCUT2D eigenvalue weighted by Crippen LogP contribution is 2.38. The van der Waals surface area contributed by atoms with E-state index in [2.05, 4.69) is 12.2 Å². The molecule has 1 aliphatic carbocycles. The summed E-state index contributed by atoms with van der Waals surface area (Å²) in [7, 11) is 0. The van der Waals surface area contributed by atoms with Crippen LogP contribution in [-0.2, 0) is 0 Å². The van der Waals surface area contributed by atoms with E-state index < -0.39 is 0 Å². The van der Waals surface area contributed by atoms with E-state index in [-0.39, 0.29) is 11.7 Å². The molecular weight excluding hydrogens is 250 g/mol. The zero-order valence-corrected chi connectivity index (χ0v) is 12.2. The van der Waals surface area contributed by atoms with Crippen molar-refractivity contribution < 1.29 is 9.53 Å². The van der Waals surface area contributed by atoms with Crippen LogP contribution in [0.1, 0.15) is 49.4 Å². The fraction of sp³-hybridized carbons (Fsp3) is 0.588. The Balaban J connectivity index is 1.90. The summed E-state index contributed by atoms with van der Waals surface area (Å²) < 4.78 is 5.75. The Labute approximate surface area is 120 Å². The van der Waals surface area contributed by atoms with Crippen LogP contribution in [0.15, 0.2) is 18.2 Å². The number of nitrogens with one attached hydrogen (secondary N) is 1. The standard InChI is InChI=1S/C17H23NO2/c1-2-12-6-3-4-7-13(12)16(19)14-8-5-9-15-17(14)20-11-10-18-15/h5,8-9,12-13,18H,2-4,6-7,10-11H2,1H3. The summed E-state index contributed by atoms with van der Waals surface area (Å²) >= 11 is 0. The average Bonchev–Trinajstić information content (AvgIpc) is 2.53. The van der Waals surface area contributed by atoms with Crippen LogP contribution in [0.5, 0.6) is 5.75 Å². The summed E-state index contributed by atoms with van der Waals surface area (Å²) in [4.78, 5) is 12.9. The van der Waals surface area contributed by atoms with Gasteiger partial charge in [-0.3, -0.25) is 4.79 Å². The molecule has 2 unspecified atom stereocenters. The van der Waals surface area contributed by atoms with E-state index in [9.17, 15) is 4.79 Å². The predicted molar refractivity (Wildman–Crippen MR) is 80.5 cm³/mol. The molecule has 0 radical (unpaired) electrons. The Hall–Kier alpha value is -1.51. The molecular formula is C17H23NO2. The Kier molecular flexibility index (Phi) is 3.95. The number of fused-ring (bicyclic) bond motifs is 1.